The van der Waals surface area contributed by atoms with Gasteiger partial charge < -0.3 is 40.9 Å². The summed E-state index contributed by atoms with van der Waals surface area (Å²) in [6, 6.07) is 9.36. The summed E-state index contributed by atoms with van der Waals surface area (Å²) in [5.74, 6) is -1.05. The van der Waals surface area contributed by atoms with Crippen LogP contribution < -0.4 is 31.7 Å². The van der Waals surface area contributed by atoms with Crippen molar-refractivity contribution >= 4 is 46.3 Å². The van der Waals surface area contributed by atoms with Crippen molar-refractivity contribution in [2.45, 2.75) is 82.5 Å². The lowest BCUT2D eigenvalue weighted by molar-refractivity contribution is -0.135. The molecule has 2 aromatic carbocycles. The van der Waals surface area contributed by atoms with Crippen molar-refractivity contribution in [3.8, 4) is 5.75 Å². The monoisotopic (exact) mass is 696 g/mol. The van der Waals surface area contributed by atoms with Crippen LogP contribution in [0.25, 0.3) is 11.1 Å². The van der Waals surface area contributed by atoms with E-state index in [9.17, 15) is 19.2 Å². The predicted molar refractivity (Wildman–Crippen MR) is 183 cm³/mol. The summed E-state index contributed by atoms with van der Waals surface area (Å²) in [6.45, 7) is 3.44. The van der Waals surface area contributed by atoms with Crippen molar-refractivity contribution in [3.63, 3.8) is 0 Å². The number of oxazole rings is 1. The molecule has 5 rings (SSSR count). The lowest BCUT2D eigenvalue weighted by Crippen LogP contribution is -2.59. The van der Waals surface area contributed by atoms with Crippen LogP contribution in [0.3, 0.4) is 0 Å². The Morgan fingerprint density at radius 3 is 2.51 bits per heavy atom. The molecule has 0 unspecified atom stereocenters. The van der Waals surface area contributed by atoms with Crippen LogP contribution in [0.2, 0.25) is 5.02 Å². The molecule has 0 aliphatic carbocycles. The van der Waals surface area contributed by atoms with Gasteiger partial charge in [0.1, 0.15) is 29.4 Å². The van der Waals surface area contributed by atoms with Gasteiger partial charge in [-0.1, -0.05) is 36.7 Å². The molecule has 0 bridgehead atoms. The van der Waals surface area contributed by atoms with Crippen molar-refractivity contribution in [3.05, 3.63) is 58.9 Å². The zero-order valence-electron chi connectivity index (χ0n) is 27.7. The average Bonchev–Trinajstić information content (AvgIpc) is 3.51. The Balaban J connectivity index is 1.34. The Morgan fingerprint density at radius 1 is 0.939 bits per heavy atom. The number of carbonyl (C=O) groups excluding carboxylic acids is 4. The second-order valence-corrected chi connectivity index (χ2v) is 12.9. The van der Waals surface area contributed by atoms with Crippen LogP contribution in [-0.4, -0.2) is 73.1 Å². The van der Waals surface area contributed by atoms with Crippen molar-refractivity contribution in [2.75, 3.05) is 26.4 Å². The van der Waals surface area contributed by atoms with E-state index in [0.717, 1.165) is 11.3 Å². The normalized spacial score (nSPS) is 18.0. The van der Waals surface area contributed by atoms with Crippen LogP contribution in [0.15, 0.2) is 46.9 Å². The van der Waals surface area contributed by atoms with E-state index in [4.69, 9.17) is 31.2 Å². The summed E-state index contributed by atoms with van der Waals surface area (Å²) < 4.78 is 17.1. The van der Waals surface area contributed by atoms with Gasteiger partial charge in [0.05, 0.1) is 19.1 Å². The number of ether oxygens (including phenoxy) is 2. The Bertz CT molecular complexity index is 1610. The Kier molecular flexibility index (Phi) is 12.9. The largest absolute Gasteiger partial charge is 0.493 e. The number of rotatable bonds is 15. The first kappa shape index (κ1) is 36.1. The average molecular weight is 697 g/mol. The molecule has 0 saturated carbocycles. The summed E-state index contributed by atoms with van der Waals surface area (Å²) in [5, 5.41) is 12.2. The molecule has 264 valence electrons. The SMILES string of the molecule is CCC(=O)N[C@@H](Cc1nc2ccc(Cl)cc2o1)C(=O)N[C@H](C(=O)N[C@@H](CCCCN)C(=O)N[C@@H]1CCOc2ccccc21)C1CCOCC1. The smallest absolute Gasteiger partial charge is 0.243 e. The van der Waals surface area contributed by atoms with Crippen molar-refractivity contribution < 1.29 is 33.1 Å². The number of hydrogen-bond acceptors (Lipinski definition) is 9. The summed E-state index contributed by atoms with van der Waals surface area (Å²) in [6.07, 6.45) is 3.40. The first-order valence-electron chi connectivity index (χ1n) is 17.0. The Hall–Kier alpha value is -4.20. The standard InChI is InChI=1S/C35H45ClN6O7/c1-2-30(43)38-27(20-31-39-25-11-10-22(36)19-29(25)49-31)34(45)42-32(21-12-16-47-17-13-21)35(46)41-26(8-5-6-15-37)33(44)40-24-14-18-48-28-9-4-3-7-23(24)28/h3-4,7,9-11,19,21,24,26-27,32H,2,5-6,8,12-18,20,37H2,1H3,(H,38,43)(H,40,44)(H,41,46)(H,42,45)/t24-,26+,27+,32+/m1/s1. The number of nitrogens with one attached hydrogen (secondary N) is 4. The highest BCUT2D eigenvalue weighted by molar-refractivity contribution is 6.31. The molecule has 3 heterocycles. The van der Waals surface area contributed by atoms with E-state index in [-0.39, 0.29) is 42.5 Å². The maximum atomic E-state index is 14.1. The summed E-state index contributed by atoms with van der Waals surface area (Å²) in [7, 11) is 0. The Labute approximate surface area is 290 Å². The molecule has 3 aromatic rings. The third-order valence-electron chi connectivity index (χ3n) is 8.92. The minimum absolute atomic E-state index is 0.0529. The molecule has 2 aliphatic heterocycles. The van der Waals surface area contributed by atoms with E-state index in [2.05, 4.69) is 26.3 Å². The molecule has 1 fully saturated rings. The van der Waals surface area contributed by atoms with Crippen LogP contribution in [0.4, 0.5) is 0 Å². The van der Waals surface area contributed by atoms with Crippen molar-refractivity contribution in [1.29, 1.82) is 0 Å². The second kappa shape index (κ2) is 17.5. The maximum absolute atomic E-state index is 14.1. The molecule has 4 amide bonds. The van der Waals surface area contributed by atoms with E-state index in [1.165, 1.54) is 0 Å². The van der Waals surface area contributed by atoms with Gasteiger partial charge in [0.25, 0.3) is 0 Å². The first-order chi connectivity index (χ1) is 23.7. The third-order valence-corrected chi connectivity index (χ3v) is 9.15. The summed E-state index contributed by atoms with van der Waals surface area (Å²) >= 11 is 6.10. The topological polar surface area (TPSA) is 187 Å². The molecule has 6 N–H and O–H groups in total. The van der Waals surface area contributed by atoms with Gasteiger partial charge in [-0.2, -0.15) is 0 Å². The molecule has 4 atom stereocenters. The van der Waals surface area contributed by atoms with Crippen molar-refractivity contribution in [2.24, 2.45) is 11.7 Å². The highest BCUT2D eigenvalue weighted by atomic mass is 35.5. The van der Waals surface area contributed by atoms with E-state index in [0.29, 0.717) is 81.0 Å². The molecule has 1 aromatic heterocycles. The molecule has 0 radical (unpaired) electrons. The summed E-state index contributed by atoms with van der Waals surface area (Å²) in [4.78, 5) is 58.7. The van der Waals surface area contributed by atoms with Gasteiger partial charge in [-0.25, -0.2) is 4.98 Å². The van der Waals surface area contributed by atoms with Crippen LogP contribution in [-0.2, 0) is 30.3 Å². The molecule has 13 nitrogen and oxygen atoms in total. The van der Waals surface area contributed by atoms with E-state index >= 15 is 0 Å². The minimum atomic E-state index is -1.08. The number of fused-ring (bicyclic) bond motifs is 2. The fraction of sp³-hybridized carbons (Fsp3) is 0.514. The lowest BCUT2D eigenvalue weighted by Gasteiger charge is -2.33. The number of hydrogen-bond donors (Lipinski definition) is 5. The second-order valence-electron chi connectivity index (χ2n) is 12.4. The van der Waals surface area contributed by atoms with Gasteiger partial charge in [0.2, 0.25) is 23.6 Å². The number of amides is 4. The predicted octanol–water partition coefficient (Wildman–Crippen LogP) is 3.08. The minimum Gasteiger partial charge on any atom is -0.493 e. The number of unbranched alkanes of at least 4 members (excludes halogenated alkanes) is 1. The molecule has 0 spiro atoms. The van der Waals surface area contributed by atoms with Crippen LogP contribution in [0.1, 0.15) is 69.4 Å². The first-order valence-corrected chi connectivity index (χ1v) is 17.4. The van der Waals surface area contributed by atoms with Crippen LogP contribution >= 0.6 is 11.6 Å². The van der Waals surface area contributed by atoms with E-state index in [1.807, 2.05) is 24.3 Å². The van der Waals surface area contributed by atoms with Crippen molar-refractivity contribution in [1.82, 2.24) is 26.3 Å². The molecular formula is C35H45ClN6O7. The van der Waals surface area contributed by atoms with E-state index in [1.54, 1.807) is 25.1 Å². The fourth-order valence-electron chi connectivity index (χ4n) is 6.20. The van der Waals surface area contributed by atoms with Gasteiger partial charge in [0.15, 0.2) is 11.5 Å². The number of carbonyl (C=O) groups is 4. The Morgan fingerprint density at radius 2 is 1.73 bits per heavy atom. The van der Waals surface area contributed by atoms with Crippen LogP contribution in [0.5, 0.6) is 5.75 Å². The van der Waals surface area contributed by atoms with Gasteiger partial charge in [0, 0.05) is 42.7 Å². The fourth-order valence-corrected chi connectivity index (χ4v) is 6.36. The zero-order valence-corrected chi connectivity index (χ0v) is 28.4. The molecule has 2 aliphatic rings. The molecule has 49 heavy (non-hydrogen) atoms. The highest BCUT2D eigenvalue weighted by Crippen LogP contribution is 2.31. The molecule has 14 heteroatoms. The number of nitrogens with two attached hydrogens (primary N) is 1. The molecule has 1 saturated heterocycles. The number of nitrogens with zero attached hydrogens (tertiary/aromatic N) is 1. The summed E-state index contributed by atoms with van der Waals surface area (Å²) in [5.41, 5.74) is 7.63. The van der Waals surface area contributed by atoms with Crippen LogP contribution in [0, 0.1) is 5.92 Å². The molecular weight excluding hydrogens is 652 g/mol. The lowest BCUT2D eigenvalue weighted by atomic mass is 9.90. The maximum Gasteiger partial charge on any atom is 0.243 e. The van der Waals surface area contributed by atoms with Gasteiger partial charge in [-0.15, -0.1) is 0 Å². The number of aromatic nitrogens is 1. The number of para-hydroxylation sites is 1. The zero-order chi connectivity index (χ0) is 34.8. The van der Waals surface area contributed by atoms with E-state index < -0.39 is 29.9 Å². The quantitative estimate of drug-likeness (QED) is 0.149. The van der Waals surface area contributed by atoms with Gasteiger partial charge in [-0.05, 0) is 62.8 Å². The highest BCUT2D eigenvalue weighted by Gasteiger charge is 2.36. The van der Waals surface area contributed by atoms with Gasteiger partial charge >= 0.3 is 0 Å². The number of halogens is 1. The van der Waals surface area contributed by atoms with Gasteiger partial charge in [-0.3, -0.25) is 19.2 Å². The third kappa shape index (κ3) is 9.71. The number of benzene rings is 2.